The first-order valence-electron chi connectivity index (χ1n) is 7.76. The molecule has 1 fully saturated rings. The second kappa shape index (κ2) is 7.22. The molecule has 1 aromatic carbocycles. The third-order valence-electron chi connectivity index (χ3n) is 3.91. The molecule has 2 aromatic rings. The second-order valence-corrected chi connectivity index (χ2v) is 5.54. The normalized spacial score (nSPS) is 14.2. The van der Waals surface area contributed by atoms with Gasteiger partial charge in [0.1, 0.15) is 23.5 Å². The molecular formula is C16H17N5O4. The highest BCUT2D eigenvalue weighted by atomic mass is 16.6. The third-order valence-corrected chi connectivity index (χ3v) is 3.91. The molecule has 0 aliphatic carbocycles. The summed E-state index contributed by atoms with van der Waals surface area (Å²) in [4.78, 5) is 33.3. The van der Waals surface area contributed by atoms with E-state index in [4.69, 9.17) is 4.74 Å². The Bertz CT molecular complexity index is 805. The van der Waals surface area contributed by atoms with Crippen LogP contribution in [0.1, 0.15) is 16.1 Å². The number of amides is 1. The molecule has 1 saturated heterocycles. The van der Waals surface area contributed by atoms with Crippen LogP contribution >= 0.6 is 0 Å². The van der Waals surface area contributed by atoms with Crippen molar-refractivity contribution in [3.63, 3.8) is 0 Å². The lowest BCUT2D eigenvalue weighted by Crippen LogP contribution is -2.37. The molecule has 1 aromatic heterocycles. The van der Waals surface area contributed by atoms with Crippen LogP contribution in [-0.2, 0) is 4.74 Å². The average molecular weight is 343 g/mol. The molecule has 3 rings (SSSR count). The Morgan fingerprint density at radius 2 is 2.08 bits per heavy atom. The zero-order chi connectivity index (χ0) is 17.8. The van der Waals surface area contributed by atoms with Crippen molar-refractivity contribution in [1.29, 1.82) is 0 Å². The molecule has 9 heteroatoms. The number of nitro groups is 1. The molecule has 9 nitrogen and oxygen atoms in total. The van der Waals surface area contributed by atoms with Crippen LogP contribution in [0.25, 0.3) is 0 Å². The van der Waals surface area contributed by atoms with Gasteiger partial charge in [0.25, 0.3) is 11.6 Å². The molecule has 0 unspecified atom stereocenters. The number of hydrogen-bond acceptors (Lipinski definition) is 7. The summed E-state index contributed by atoms with van der Waals surface area (Å²) < 4.78 is 5.30. The van der Waals surface area contributed by atoms with Gasteiger partial charge in [0.05, 0.1) is 18.1 Å². The summed E-state index contributed by atoms with van der Waals surface area (Å²) >= 11 is 0. The monoisotopic (exact) mass is 343 g/mol. The van der Waals surface area contributed by atoms with E-state index < -0.39 is 10.8 Å². The van der Waals surface area contributed by atoms with Gasteiger partial charge in [-0.1, -0.05) is 12.1 Å². The van der Waals surface area contributed by atoms with Crippen molar-refractivity contribution in [2.24, 2.45) is 0 Å². The van der Waals surface area contributed by atoms with Crippen molar-refractivity contribution < 1.29 is 14.5 Å². The van der Waals surface area contributed by atoms with E-state index >= 15 is 0 Å². The number of carbonyl (C=O) groups is 1. The van der Waals surface area contributed by atoms with Crippen molar-refractivity contribution in [2.45, 2.75) is 6.92 Å². The number of aryl methyl sites for hydroxylation is 1. The first-order chi connectivity index (χ1) is 12.1. The predicted molar refractivity (Wildman–Crippen MR) is 90.9 cm³/mol. The fourth-order valence-corrected chi connectivity index (χ4v) is 2.58. The Morgan fingerprint density at radius 1 is 1.32 bits per heavy atom. The number of rotatable bonds is 4. The highest BCUT2D eigenvalue weighted by Gasteiger charge is 2.20. The van der Waals surface area contributed by atoms with E-state index in [2.05, 4.69) is 15.3 Å². The van der Waals surface area contributed by atoms with E-state index in [1.54, 1.807) is 25.1 Å². The van der Waals surface area contributed by atoms with Crippen LogP contribution < -0.4 is 10.2 Å². The minimum Gasteiger partial charge on any atom is -0.378 e. The van der Waals surface area contributed by atoms with Gasteiger partial charge in [0.15, 0.2) is 0 Å². The Morgan fingerprint density at radius 3 is 2.80 bits per heavy atom. The van der Waals surface area contributed by atoms with Crippen LogP contribution in [0.5, 0.6) is 0 Å². The third kappa shape index (κ3) is 3.72. The van der Waals surface area contributed by atoms with E-state index in [0.717, 1.165) is 0 Å². The van der Waals surface area contributed by atoms with E-state index in [1.165, 1.54) is 12.4 Å². The zero-order valence-electron chi connectivity index (χ0n) is 13.6. The van der Waals surface area contributed by atoms with Crippen LogP contribution in [-0.4, -0.2) is 47.1 Å². The van der Waals surface area contributed by atoms with Crippen molar-refractivity contribution in [2.75, 3.05) is 36.5 Å². The maximum absolute atomic E-state index is 12.5. The molecule has 1 amide bonds. The number of para-hydroxylation sites is 1. The maximum Gasteiger partial charge on any atom is 0.293 e. The van der Waals surface area contributed by atoms with Crippen LogP contribution in [0.4, 0.5) is 17.2 Å². The number of nitrogens with one attached hydrogen (secondary N) is 1. The summed E-state index contributed by atoms with van der Waals surface area (Å²) in [5, 5.41) is 13.8. The zero-order valence-corrected chi connectivity index (χ0v) is 13.6. The van der Waals surface area contributed by atoms with E-state index in [1.807, 2.05) is 4.90 Å². The number of carbonyl (C=O) groups excluding carboxylic acids is 1. The fourth-order valence-electron chi connectivity index (χ4n) is 2.58. The van der Waals surface area contributed by atoms with Gasteiger partial charge in [0.2, 0.25) is 0 Å². The van der Waals surface area contributed by atoms with E-state index in [-0.39, 0.29) is 17.1 Å². The summed E-state index contributed by atoms with van der Waals surface area (Å²) in [6.07, 6.45) is 1.31. The van der Waals surface area contributed by atoms with Gasteiger partial charge in [-0.05, 0) is 12.5 Å². The molecule has 25 heavy (non-hydrogen) atoms. The molecule has 1 aliphatic rings. The quantitative estimate of drug-likeness (QED) is 0.665. The first-order valence-corrected chi connectivity index (χ1v) is 7.76. The minimum absolute atomic E-state index is 0.147. The van der Waals surface area contributed by atoms with Crippen molar-refractivity contribution in [1.82, 2.24) is 9.97 Å². The van der Waals surface area contributed by atoms with E-state index in [9.17, 15) is 14.9 Å². The van der Waals surface area contributed by atoms with Gasteiger partial charge in [0, 0.05) is 25.2 Å². The van der Waals surface area contributed by atoms with Gasteiger partial charge >= 0.3 is 0 Å². The van der Waals surface area contributed by atoms with E-state index in [0.29, 0.717) is 37.7 Å². The van der Waals surface area contributed by atoms with Gasteiger partial charge < -0.3 is 15.0 Å². The smallest absolute Gasteiger partial charge is 0.293 e. The number of nitrogens with zero attached hydrogens (tertiary/aromatic N) is 4. The van der Waals surface area contributed by atoms with Crippen LogP contribution in [0.2, 0.25) is 0 Å². The average Bonchev–Trinajstić information content (AvgIpc) is 2.64. The molecule has 1 aliphatic heterocycles. The SMILES string of the molecule is Cc1cccc([N+](=O)[O-])c1NC(=O)c1cc(N2CCOCC2)ncn1. The Kier molecular flexibility index (Phi) is 4.85. The number of benzene rings is 1. The lowest BCUT2D eigenvalue weighted by molar-refractivity contribution is -0.383. The van der Waals surface area contributed by atoms with Gasteiger partial charge in [-0.15, -0.1) is 0 Å². The van der Waals surface area contributed by atoms with Gasteiger partial charge in [-0.3, -0.25) is 14.9 Å². The molecule has 0 spiro atoms. The fraction of sp³-hybridized carbons (Fsp3) is 0.312. The van der Waals surface area contributed by atoms with Crippen LogP contribution in [0.15, 0.2) is 30.6 Å². The lowest BCUT2D eigenvalue weighted by Gasteiger charge is -2.27. The minimum atomic E-state index is -0.526. The lowest BCUT2D eigenvalue weighted by atomic mass is 10.1. The molecule has 0 atom stereocenters. The number of hydrogen-bond donors (Lipinski definition) is 1. The molecular weight excluding hydrogens is 326 g/mol. The highest BCUT2D eigenvalue weighted by molar-refractivity contribution is 6.04. The summed E-state index contributed by atoms with van der Waals surface area (Å²) in [5.74, 6) is 0.108. The second-order valence-electron chi connectivity index (χ2n) is 5.54. The van der Waals surface area contributed by atoms with Gasteiger partial charge in [-0.2, -0.15) is 0 Å². The molecule has 2 heterocycles. The number of morpholine rings is 1. The Labute approximate surface area is 143 Å². The number of nitro benzene ring substituents is 1. The largest absolute Gasteiger partial charge is 0.378 e. The first kappa shape index (κ1) is 16.8. The molecule has 0 radical (unpaired) electrons. The Hall–Kier alpha value is -3.07. The van der Waals surface area contributed by atoms with Crippen LogP contribution in [0, 0.1) is 17.0 Å². The van der Waals surface area contributed by atoms with Crippen molar-refractivity contribution in [3.8, 4) is 0 Å². The predicted octanol–water partition coefficient (Wildman–Crippen LogP) is 1.78. The summed E-state index contributed by atoms with van der Waals surface area (Å²) in [6.45, 7) is 4.26. The maximum atomic E-state index is 12.5. The molecule has 130 valence electrons. The van der Waals surface area contributed by atoms with Crippen LogP contribution in [0.3, 0.4) is 0 Å². The molecule has 0 bridgehead atoms. The molecule has 1 N–H and O–H groups in total. The number of anilines is 2. The van der Waals surface area contributed by atoms with Crippen molar-refractivity contribution >= 4 is 23.1 Å². The summed E-state index contributed by atoms with van der Waals surface area (Å²) in [5.41, 5.74) is 0.763. The number of ether oxygens (including phenoxy) is 1. The highest BCUT2D eigenvalue weighted by Crippen LogP contribution is 2.28. The van der Waals surface area contributed by atoms with Gasteiger partial charge in [-0.25, -0.2) is 9.97 Å². The summed E-state index contributed by atoms with van der Waals surface area (Å²) in [7, 11) is 0. The van der Waals surface area contributed by atoms with Crippen molar-refractivity contribution in [3.05, 3.63) is 52.0 Å². The Balaban J connectivity index is 1.84. The number of aromatic nitrogens is 2. The summed E-state index contributed by atoms with van der Waals surface area (Å²) in [6, 6.07) is 6.19. The standard InChI is InChI=1S/C16H17N5O4/c1-11-3-2-4-13(21(23)24)15(11)19-16(22)12-9-14(18-10-17-12)20-5-7-25-8-6-20/h2-4,9-10H,5-8H2,1H3,(H,19,22). The molecule has 0 saturated carbocycles. The topological polar surface area (TPSA) is 110 Å².